The summed E-state index contributed by atoms with van der Waals surface area (Å²) >= 11 is 1.74. The van der Waals surface area contributed by atoms with Crippen LogP contribution in [0.15, 0.2) is 24.7 Å². The highest BCUT2D eigenvalue weighted by molar-refractivity contribution is 7.12. The molecule has 0 saturated heterocycles. The molecule has 1 unspecified atom stereocenters. The van der Waals surface area contributed by atoms with Gasteiger partial charge in [0.2, 0.25) is 0 Å². The van der Waals surface area contributed by atoms with Gasteiger partial charge in [0.1, 0.15) is 23.8 Å². The minimum Gasteiger partial charge on any atom is -0.362 e. The van der Waals surface area contributed by atoms with Gasteiger partial charge in [0, 0.05) is 9.75 Å². The molecule has 4 nitrogen and oxygen atoms in total. The van der Waals surface area contributed by atoms with Crippen molar-refractivity contribution in [1.29, 1.82) is 5.26 Å². The van der Waals surface area contributed by atoms with Gasteiger partial charge in [-0.1, -0.05) is 0 Å². The average molecular weight is 244 g/mol. The first-order chi connectivity index (χ1) is 8.20. The van der Waals surface area contributed by atoms with Crippen molar-refractivity contribution in [1.82, 2.24) is 9.97 Å². The fraction of sp³-hybridized carbons (Fsp3) is 0.250. The number of nitriles is 1. The van der Waals surface area contributed by atoms with Gasteiger partial charge in [-0.05, 0) is 26.0 Å². The van der Waals surface area contributed by atoms with Crippen LogP contribution in [0.4, 0.5) is 5.82 Å². The van der Waals surface area contributed by atoms with Gasteiger partial charge in [0.05, 0.1) is 12.2 Å². The molecule has 0 radical (unpaired) electrons. The fourth-order valence-corrected chi connectivity index (χ4v) is 2.37. The molecule has 0 spiro atoms. The van der Waals surface area contributed by atoms with E-state index in [9.17, 15) is 0 Å². The number of hydrogen-bond donors (Lipinski definition) is 1. The van der Waals surface area contributed by atoms with Crippen LogP contribution in [-0.2, 0) is 0 Å². The largest absolute Gasteiger partial charge is 0.362 e. The summed E-state index contributed by atoms with van der Waals surface area (Å²) in [6.07, 6.45) is 2.96. The molecule has 0 saturated carbocycles. The van der Waals surface area contributed by atoms with Crippen molar-refractivity contribution in [3.8, 4) is 6.07 Å². The molecule has 2 aromatic heterocycles. The molecule has 0 aliphatic carbocycles. The lowest BCUT2D eigenvalue weighted by molar-refractivity contribution is 0.891. The molecule has 0 amide bonds. The van der Waals surface area contributed by atoms with Gasteiger partial charge in [0.15, 0.2) is 0 Å². The van der Waals surface area contributed by atoms with Crippen molar-refractivity contribution in [3.05, 3.63) is 40.0 Å². The Morgan fingerprint density at radius 3 is 2.94 bits per heavy atom. The van der Waals surface area contributed by atoms with E-state index in [0.29, 0.717) is 11.4 Å². The minimum absolute atomic E-state index is 0.135. The maximum atomic E-state index is 8.94. The summed E-state index contributed by atoms with van der Waals surface area (Å²) in [5.74, 6) is 0.584. The summed E-state index contributed by atoms with van der Waals surface area (Å²) < 4.78 is 0. The molecule has 0 fully saturated rings. The Hall–Kier alpha value is -1.93. The van der Waals surface area contributed by atoms with E-state index in [1.165, 1.54) is 22.3 Å². The Morgan fingerprint density at radius 2 is 2.29 bits per heavy atom. The van der Waals surface area contributed by atoms with Gasteiger partial charge in [-0.2, -0.15) is 5.26 Å². The van der Waals surface area contributed by atoms with Crippen LogP contribution in [0.2, 0.25) is 0 Å². The Balaban J connectivity index is 2.19. The first-order valence-corrected chi connectivity index (χ1v) is 6.05. The number of hydrogen-bond acceptors (Lipinski definition) is 5. The van der Waals surface area contributed by atoms with Gasteiger partial charge in [-0.25, -0.2) is 9.97 Å². The summed E-state index contributed by atoms with van der Waals surface area (Å²) in [4.78, 5) is 10.4. The van der Waals surface area contributed by atoms with Crippen molar-refractivity contribution in [2.24, 2.45) is 0 Å². The number of thiophene rings is 1. The van der Waals surface area contributed by atoms with Crippen LogP contribution in [0.3, 0.4) is 0 Å². The second-order valence-corrected chi connectivity index (χ2v) is 5.03. The molecule has 86 valence electrons. The van der Waals surface area contributed by atoms with Crippen molar-refractivity contribution in [2.45, 2.75) is 19.9 Å². The summed E-state index contributed by atoms with van der Waals surface area (Å²) in [5.41, 5.74) is 0.465. The minimum atomic E-state index is 0.135. The van der Waals surface area contributed by atoms with E-state index in [4.69, 9.17) is 5.26 Å². The molecule has 0 aliphatic heterocycles. The number of rotatable bonds is 3. The lowest BCUT2D eigenvalue weighted by atomic mass is 10.2. The molecule has 1 N–H and O–H groups in total. The van der Waals surface area contributed by atoms with Crippen molar-refractivity contribution >= 4 is 17.2 Å². The summed E-state index contributed by atoms with van der Waals surface area (Å²) in [7, 11) is 0. The van der Waals surface area contributed by atoms with E-state index >= 15 is 0 Å². The van der Waals surface area contributed by atoms with Gasteiger partial charge >= 0.3 is 0 Å². The highest BCUT2D eigenvalue weighted by atomic mass is 32.1. The first kappa shape index (κ1) is 11.6. The van der Waals surface area contributed by atoms with E-state index in [1.807, 2.05) is 0 Å². The predicted molar refractivity (Wildman–Crippen MR) is 67.8 cm³/mol. The van der Waals surface area contributed by atoms with Crippen LogP contribution >= 0.6 is 11.3 Å². The monoisotopic (exact) mass is 244 g/mol. The van der Waals surface area contributed by atoms with Crippen molar-refractivity contribution in [3.63, 3.8) is 0 Å². The number of aryl methyl sites for hydroxylation is 1. The zero-order valence-electron chi connectivity index (χ0n) is 9.64. The highest BCUT2D eigenvalue weighted by Gasteiger charge is 2.10. The smallest absolute Gasteiger partial charge is 0.147 e. The average Bonchev–Trinajstić information content (AvgIpc) is 2.77. The molecule has 2 aromatic rings. The van der Waals surface area contributed by atoms with Crippen LogP contribution in [0.25, 0.3) is 0 Å². The molecule has 5 heteroatoms. The molecule has 0 aromatic carbocycles. The van der Waals surface area contributed by atoms with E-state index < -0.39 is 0 Å². The number of aromatic nitrogens is 2. The van der Waals surface area contributed by atoms with Gasteiger partial charge in [-0.15, -0.1) is 11.3 Å². The summed E-state index contributed by atoms with van der Waals surface area (Å²) in [5, 5.41) is 12.2. The Labute approximate surface area is 104 Å². The Kier molecular flexibility index (Phi) is 3.35. The maximum absolute atomic E-state index is 8.94. The van der Waals surface area contributed by atoms with E-state index in [1.54, 1.807) is 11.3 Å². The molecule has 2 rings (SSSR count). The van der Waals surface area contributed by atoms with Gasteiger partial charge in [0.25, 0.3) is 0 Å². The van der Waals surface area contributed by atoms with E-state index in [2.05, 4.69) is 47.3 Å². The van der Waals surface area contributed by atoms with E-state index in [-0.39, 0.29) is 6.04 Å². The van der Waals surface area contributed by atoms with Crippen molar-refractivity contribution in [2.75, 3.05) is 5.32 Å². The molecular formula is C12H12N4S. The Bertz CT molecular complexity index is 556. The topological polar surface area (TPSA) is 61.6 Å². The molecular weight excluding hydrogens is 232 g/mol. The van der Waals surface area contributed by atoms with Crippen LogP contribution in [0.1, 0.15) is 28.3 Å². The Morgan fingerprint density at radius 1 is 1.47 bits per heavy atom. The highest BCUT2D eigenvalue weighted by Crippen LogP contribution is 2.25. The molecule has 0 aliphatic rings. The second-order valence-electron chi connectivity index (χ2n) is 3.71. The molecule has 17 heavy (non-hydrogen) atoms. The maximum Gasteiger partial charge on any atom is 0.147 e. The third kappa shape index (κ3) is 2.60. The van der Waals surface area contributed by atoms with Crippen LogP contribution in [0.5, 0.6) is 0 Å². The summed E-state index contributed by atoms with van der Waals surface area (Å²) in [6, 6.07) is 6.38. The lowest BCUT2D eigenvalue weighted by Gasteiger charge is -2.13. The van der Waals surface area contributed by atoms with Crippen LogP contribution in [0, 0.1) is 18.3 Å². The fourth-order valence-electron chi connectivity index (χ4n) is 1.49. The molecule has 1 atom stereocenters. The number of nitrogens with zero attached hydrogens (tertiary/aromatic N) is 3. The second kappa shape index (κ2) is 4.93. The zero-order valence-corrected chi connectivity index (χ0v) is 10.5. The SMILES string of the molecule is Cc1ccc(C(C)Nc2ncncc2C#N)s1. The normalized spacial score (nSPS) is 11.8. The first-order valence-electron chi connectivity index (χ1n) is 5.23. The van der Waals surface area contributed by atoms with E-state index in [0.717, 1.165) is 0 Å². The number of nitrogens with one attached hydrogen (secondary N) is 1. The molecule has 2 heterocycles. The molecule has 0 bridgehead atoms. The zero-order chi connectivity index (χ0) is 12.3. The van der Waals surface area contributed by atoms with Crippen molar-refractivity contribution < 1.29 is 0 Å². The summed E-state index contributed by atoms with van der Waals surface area (Å²) in [6.45, 7) is 4.13. The van der Waals surface area contributed by atoms with Gasteiger partial charge in [-0.3, -0.25) is 0 Å². The van der Waals surface area contributed by atoms with Gasteiger partial charge < -0.3 is 5.32 Å². The third-order valence-corrected chi connectivity index (χ3v) is 3.56. The quantitative estimate of drug-likeness (QED) is 0.901. The third-order valence-electron chi connectivity index (χ3n) is 2.37. The number of anilines is 1. The van der Waals surface area contributed by atoms with Crippen LogP contribution < -0.4 is 5.32 Å². The lowest BCUT2D eigenvalue weighted by Crippen LogP contribution is -2.08. The predicted octanol–water partition coefficient (Wildman–Crippen LogP) is 2.89. The standard InChI is InChI=1S/C12H12N4S/c1-8-3-4-11(17-8)9(2)16-12-10(5-13)6-14-7-15-12/h3-4,6-7,9H,1-2H3,(H,14,15,16). The van der Waals surface area contributed by atoms with Crippen LogP contribution in [-0.4, -0.2) is 9.97 Å².